The van der Waals surface area contributed by atoms with Crippen molar-refractivity contribution in [3.8, 4) is 18.1 Å². The third-order valence-corrected chi connectivity index (χ3v) is 5.84. The van der Waals surface area contributed by atoms with Crippen LogP contribution in [0.25, 0.3) is 16.6 Å². The molecular weight excluding hydrogens is 426 g/mol. The number of fused-ring (bicyclic) bond motifs is 1. The molecule has 2 aromatic heterocycles. The summed E-state index contributed by atoms with van der Waals surface area (Å²) >= 11 is 6.27. The number of likely N-dealkylation sites (N-methyl/N-ethyl adjacent to an activating group) is 1. The molecule has 3 aromatic rings. The van der Waals surface area contributed by atoms with Gasteiger partial charge in [0, 0.05) is 55.2 Å². The second-order valence-electron chi connectivity index (χ2n) is 7.74. The molecule has 1 aliphatic rings. The van der Waals surface area contributed by atoms with E-state index in [0.29, 0.717) is 29.3 Å². The minimum atomic E-state index is -0.245. The number of methoxy groups -OCH3 is 1. The first-order valence-electron chi connectivity index (χ1n) is 10.1. The quantitative estimate of drug-likeness (QED) is 0.516. The Morgan fingerprint density at radius 3 is 2.91 bits per heavy atom. The second kappa shape index (κ2) is 8.95. The predicted molar refractivity (Wildman–Crippen MR) is 128 cm³/mol. The van der Waals surface area contributed by atoms with Gasteiger partial charge in [-0.3, -0.25) is 4.79 Å². The maximum absolute atomic E-state index is 12.4. The number of H-pyrrole nitrogens is 1. The number of aromatic amines is 1. The standard InChI is InChI=1S/C24H24ClN5O2/c1-5-14-10-16(12-21(32-4)22(14)25)28-18-7-9-27-23-17(18)13-19(29-23)15-6-8-26-20(11-15)24(31)30(2)3/h1,6-7,9-10,12-13,20,26H,8,11H2,2-4H3,(H2,27,28,29). The summed E-state index contributed by atoms with van der Waals surface area (Å²) in [6.07, 6.45) is 10.0. The molecule has 3 heterocycles. The Bertz CT molecular complexity index is 1260. The van der Waals surface area contributed by atoms with E-state index in [2.05, 4.69) is 32.6 Å². The predicted octanol–water partition coefficient (Wildman–Crippen LogP) is 3.78. The lowest BCUT2D eigenvalue weighted by Crippen LogP contribution is -2.45. The van der Waals surface area contributed by atoms with Gasteiger partial charge in [-0.25, -0.2) is 4.98 Å². The first-order valence-corrected chi connectivity index (χ1v) is 10.5. The number of halogens is 1. The topological polar surface area (TPSA) is 82.3 Å². The van der Waals surface area contributed by atoms with Crippen LogP contribution < -0.4 is 15.4 Å². The lowest BCUT2D eigenvalue weighted by Gasteiger charge is -2.25. The summed E-state index contributed by atoms with van der Waals surface area (Å²) in [7, 11) is 5.09. The van der Waals surface area contributed by atoms with Crippen LogP contribution in [-0.2, 0) is 4.79 Å². The molecule has 4 rings (SSSR count). The molecule has 0 aliphatic carbocycles. The van der Waals surface area contributed by atoms with Crippen molar-refractivity contribution in [3.05, 3.63) is 52.8 Å². The molecular formula is C24H24ClN5O2. The van der Waals surface area contributed by atoms with Crippen molar-refractivity contribution >= 4 is 45.5 Å². The fraction of sp³-hybridized carbons (Fsp3) is 0.250. The van der Waals surface area contributed by atoms with E-state index < -0.39 is 0 Å². The number of nitrogens with one attached hydrogen (secondary N) is 3. The summed E-state index contributed by atoms with van der Waals surface area (Å²) in [6.45, 7) is 0.632. The van der Waals surface area contributed by atoms with Crippen LogP contribution in [-0.4, -0.2) is 54.6 Å². The molecule has 1 amide bonds. The summed E-state index contributed by atoms with van der Waals surface area (Å²) in [4.78, 5) is 21.9. The molecule has 0 fully saturated rings. The number of terminal acetylenes is 1. The lowest BCUT2D eigenvalue weighted by atomic mass is 9.98. The van der Waals surface area contributed by atoms with Crippen LogP contribution in [0, 0.1) is 12.3 Å². The van der Waals surface area contributed by atoms with Gasteiger partial charge in [0.15, 0.2) is 0 Å². The van der Waals surface area contributed by atoms with E-state index in [0.717, 1.165) is 33.7 Å². The molecule has 1 unspecified atom stereocenters. The fourth-order valence-corrected chi connectivity index (χ4v) is 4.03. The minimum Gasteiger partial charge on any atom is -0.495 e. The highest BCUT2D eigenvalue weighted by Crippen LogP contribution is 2.35. The molecule has 7 nitrogen and oxygen atoms in total. The Balaban J connectivity index is 1.66. The summed E-state index contributed by atoms with van der Waals surface area (Å²) in [5, 5.41) is 7.98. The largest absolute Gasteiger partial charge is 0.495 e. The molecule has 32 heavy (non-hydrogen) atoms. The molecule has 0 saturated heterocycles. The van der Waals surface area contributed by atoms with E-state index in [9.17, 15) is 4.79 Å². The highest BCUT2D eigenvalue weighted by atomic mass is 35.5. The van der Waals surface area contributed by atoms with Crippen LogP contribution in [0.5, 0.6) is 5.75 Å². The smallest absolute Gasteiger partial charge is 0.239 e. The van der Waals surface area contributed by atoms with Gasteiger partial charge in [0.2, 0.25) is 5.91 Å². The highest BCUT2D eigenvalue weighted by molar-refractivity contribution is 6.33. The Kier molecular flexibility index (Phi) is 6.08. The summed E-state index contributed by atoms with van der Waals surface area (Å²) in [6, 6.07) is 7.30. The Morgan fingerprint density at radius 2 is 2.19 bits per heavy atom. The molecule has 0 saturated carbocycles. The van der Waals surface area contributed by atoms with Crippen molar-refractivity contribution in [1.29, 1.82) is 0 Å². The van der Waals surface area contributed by atoms with Crippen molar-refractivity contribution < 1.29 is 9.53 Å². The second-order valence-corrected chi connectivity index (χ2v) is 8.12. The van der Waals surface area contributed by atoms with Gasteiger partial charge in [0.25, 0.3) is 0 Å². The van der Waals surface area contributed by atoms with Gasteiger partial charge in [-0.05, 0) is 30.2 Å². The summed E-state index contributed by atoms with van der Waals surface area (Å²) in [5.74, 6) is 3.15. The van der Waals surface area contributed by atoms with Crippen LogP contribution in [0.15, 0.2) is 36.5 Å². The minimum absolute atomic E-state index is 0.0631. The number of rotatable bonds is 5. The first kappa shape index (κ1) is 21.8. The number of hydrogen-bond donors (Lipinski definition) is 3. The lowest BCUT2D eigenvalue weighted by molar-refractivity contribution is -0.130. The molecule has 0 radical (unpaired) electrons. The van der Waals surface area contributed by atoms with Crippen molar-refractivity contribution in [2.24, 2.45) is 0 Å². The van der Waals surface area contributed by atoms with Gasteiger partial charge in [-0.1, -0.05) is 23.6 Å². The van der Waals surface area contributed by atoms with Crippen LogP contribution in [0.2, 0.25) is 5.02 Å². The summed E-state index contributed by atoms with van der Waals surface area (Å²) < 4.78 is 5.35. The third-order valence-electron chi connectivity index (χ3n) is 5.45. The number of anilines is 2. The molecule has 8 heteroatoms. The first-order chi connectivity index (χ1) is 15.4. The number of hydrogen-bond acceptors (Lipinski definition) is 5. The maximum Gasteiger partial charge on any atom is 0.239 e. The van der Waals surface area contributed by atoms with E-state index >= 15 is 0 Å². The van der Waals surface area contributed by atoms with Gasteiger partial charge in [-0.2, -0.15) is 0 Å². The number of carbonyl (C=O) groups is 1. The van der Waals surface area contributed by atoms with E-state index in [-0.39, 0.29) is 11.9 Å². The van der Waals surface area contributed by atoms with Crippen LogP contribution >= 0.6 is 11.6 Å². The fourth-order valence-electron chi connectivity index (χ4n) is 3.79. The van der Waals surface area contributed by atoms with E-state index in [4.69, 9.17) is 22.8 Å². The van der Waals surface area contributed by atoms with Gasteiger partial charge in [0.05, 0.1) is 23.9 Å². The molecule has 0 spiro atoms. The monoisotopic (exact) mass is 449 g/mol. The Morgan fingerprint density at radius 1 is 1.38 bits per heavy atom. The molecule has 164 valence electrons. The zero-order valence-corrected chi connectivity index (χ0v) is 18.9. The number of carbonyl (C=O) groups excluding carboxylic acids is 1. The Labute approximate surface area is 191 Å². The van der Waals surface area contributed by atoms with Gasteiger partial charge in [-0.15, -0.1) is 6.42 Å². The van der Waals surface area contributed by atoms with Gasteiger partial charge in [0.1, 0.15) is 11.4 Å². The molecule has 3 N–H and O–H groups in total. The van der Waals surface area contributed by atoms with Crippen LogP contribution in [0.1, 0.15) is 17.7 Å². The van der Waals surface area contributed by atoms with E-state index in [1.165, 1.54) is 0 Å². The number of amides is 1. The zero-order valence-electron chi connectivity index (χ0n) is 18.1. The van der Waals surface area contributed by atoms with Gasteiger partial charge >= 0.3 is 0 Å². The van der Waals surface area contributed by atoms with Crippen molar-refractivity contribution in [1.82, 2.24) is 20.2 Å². The zero-order chi connectivity index (χ0) is 22.8. The molecule has 1 atom stereocenters. The average Bonchev–Trinajstić information content (AvgIpc) is 3.25. The number of nitrogens with zero attached hydrogens (tertiary/aromatic N) is 2. The highest BCUT2D eigenvalue weighted by Gasteiger charge is 2.25. The number of benzene rings is 1. The van der Waals surface area contributed by atoms with Crippen LogP contribution in [0.4, 0.5) is 11.4 Å². The van der Waals surface area contributed by atoms with Crippen molar-refractivity contribution in [2.75, 3.05) is 33.1 Å². The van der Waals surface area contributed by atoms with Crippen molar-refractivity contribution in [2.45, 2.75) is 12.5 Å². The van der Waals surface area contributed by atoms with Gasteiger partial charge < -0.3 is 25.3 Å². The summed E-state index contributed by atoms with van der Waals surface area (Å²) in [5.41, 5.74) is 4.93. The maximum atomic E-state index is 12.4. The van der Waals surface area contributed by atoms with E-state index in [1.54, 1.807) is 44.4 Å². The molecule has 0 bridgehead atoms. The normalized spacial score (nSPS) is 15.7. The number of pyridine rings is 1. The third kappa shape index (κ3) is 4.15. The van der Waals surface area contributed by atoms with Crippen molar-refractivity contribution in [3.63, 3.8) is 0 Å². The SMILES string of the molecule is C#Cc1cc(Nc2ccnc3[nH]c(C4=CCNC(C(=O)N(C)C)C4)cc23)cc(OC)c1Cl. The Hall–Kier alpha value is -3.47. The number of ether oxygens (including phenoxy) is 1. The van der Waals surface area contributed by atoms with Crippen LogP contribution in [0.3, 0.4) is 0 Å². The molecule has 1 aliphatic heterocycles. The average molecular weight is 450 g/mol. The number of aromatic nitrogens is 2. The molecule has 1 aromatic carbocycles. The van der Waals surface area contributed by atoms with E-state index in [1.807, 2.05) is 12.1 Å².